The highest BCUT2D eigenvalue weighted by Gasteiger charge is 2.14. The highest BCUT2D eigenvalue weighted by molar-refractivity contribution is 5.66. The first-order valence-electron chi connectivity index (χ1n) is 5.78. The van der Waals surface area contributed by atoms with Crippen LogP contribution in [0.4, 0.5) is 5.69 Å². The molecule has 0 aliphatic carbocycles. The second-order valence-electron chi connectivity index (χ2n) is 3.94. The molecule has 7 nitrogen and oxygen atoms in total. The van der Waals surface area contributed by atoms with Crippen LogP contribution in [0.1, 0.15) is 18.4 Å². The van der Waals surface area contributed by atoms with Crippen LogP contribution in [-0.4, -0.2) is 29.7 Å². The van der Waals surface area contributed by atoms with Crippen molar-refractivity contribution in [2.75, 3.05) is 13.7 Å². The number of aliphatic carboxylic acids is 1. The molecule has 7 heteroatoms. The number of nitro groups is 1. The molecular formula is C12H16N2O5. The first-order valence-corrected chi connectivity index (χ1v) is 5.78. The van der Waals surface area contributed by atoms with E-state index in [9.17, 15) is 14.9 Å². The van der Waals surface area contributed by atoms with Gasteiger partial charge in [0.25, 0.3) is 0 Å². The molecule has 0 amide bonds. The van der Waals surface area contributed by atoms with Crippen LogP contribution in [0.2, 0.25) is 0 Å². The van der Waals surface area contributed by atoms with Crippen molar-refractivity contribution in [2.45, 2.75) is 19.4 Å². The maximum atomic E-state index is 10.8. The smallest absolute Gasteiger partial charge is 0.311 e. The van der Waals surface area contributed by atoms with Crippen molar-refractivity contribution in [3.63, 3.8) is 0 Å². The maximum Gasteiger partial charge on any atom is 0.311 e. The fraction of sp³-hybridized carbons (Fsp3) is 0.417. The van der Waals surface area contributed by atoms with Crippen LogP contribution >= 0.6 is 0 Å². The van der Waals surface area contributed by atoms with E-state index in [1.807, 2.05) is 0 Å². The fourth-order valence-corrected chi connectivity index (χ4v) is 1.59. The van der Waals surface area contributed by atoms with Gasteiger partial charge in [0.15, 0.2) is 5.75 Å². The minimum Gasteiger partial charge on any atom is -0.490 e. The lowest BCUT2D eigenvalue weighted by Gasteiger charge is -2.06. The van der Waals surface area contributed by atoms with Crippen molar-refractivity contribution in [3.8, 4) is 5.75 Å². The topological polar surface area (TPSA) is 102 Å². The largest absolute Gasteiger partial charge is 0.490 e. The second kappa shape index (κ2) is 7.32. The standard InChI is InChI=1S/C12H16N2O5/c1-19-11-5-4-9(7-10(11)14(17)18)8-13-6-2-3-12(15)16/h4-5,7,13H,2-3,6,8H2,1H3,(H,15,16). The van der Waals surface area contributed by atoms with E-state index in [-0.39, 0.29) is 17.9 Å². The van der Waals surface area contributed by atoms with E-state index >= 15 is 0 Å². The second-order valence-corrected chi connectivity index (χ2v) is 3.94. The molecule has 1 rings (SSSR count). The summed E-state index contributed by atoms with van der Waals surface area (Å²) in [5.74, 6) is -0.610. The van der Waals surface area contributed by atoms with Crippen LogP contribution in [0.3, 0.4) is 0 Å². The summed E-state index contributed by atoms with van der Waals surface area (Å²) in [4.78, 5) is 20.6. The van der Waals surface area contributed by atoms with E-state index < -0.39 is 10.9 Å². The van der Waals surface area contributed by atoms with Gasteiger partial charge in [-0.15, -0.1) is 0 Å². The molecule has 0 radical (unpaired) electrons. The zero-order valence-electron chi connectivity index (χ0n) is 10.6. The number of benzene rings is 1. The third-order valence-electron chi connectivity index (χ3n) is 2.51. The van der Waals surface area contributed by atoms with Gasteiger partial charge in [0, 0.05) is 19.0 Å². The lowest BCUT2D eigenvalue weighted by Crippen LogP contribution is -2.15. The van der Waals surface area contributed by atoms with Crippen LogP contribution in [0.5, 0.6) is 5.75 Å². The molecular weight excluding hydrogens is 252 g/mol. The third-order valence-corrected chi connectivity index (χ3v) is 2.51. The number of nitrogens with one attached hydrogen (secondary N) is 1. The number of rotatable bonds is 8. The summed E-state index contributed by atoms with van der Waals surface area (Å²) >= 11 is 0. The Hall–Kier alpha value is -2.15. The van der Waals surface area contributed by atoms with E-state index in [4.69, 9.17) is 9.84 Å². The molecule has 0 bridgehead atoms. The van der Waals surface area contributed by atoms with Crippen molar-refractivity contribution >= 4 is 11.7 Å². The van der Waals surface area contributed by atoms with Crippen molar-refractivity contribution in [1.82, 2.24) is 5.32 Å². The van der Waals surface area contributed by atoms with Crippen LogP contribution in [-0.2, 0) is 11.3 Å². The molecule has 0 spiro atoms. The summed E-state index contributed by atoms with van der Waals surface area (Å²) < 4.78 is 4.90. The van der Waals surface area contributed by atoms with Gasteiger partial charge in [0.05, 0.1) is 12.0 Å². The normalized spacial score (nSPS) is 10.2. The van der Waals surface area contributed by atoms with Crippen molar-refractivity contribution in [2.24, 2.45) is 0 Å². The van der Waals surface area contributed by atoms with Gasteiger partial charge in [-0.1, -0.05) is 6.07 Å². The molecule has 0 heterocycles. The number of methoxy groups -OCH3 is 1. The molecule has 2 N–H and O–H groups in total. The van der Waals surface area contributed by atoms with Gasteiger partial charge in [0.2, 0.25) is 0 Å². The fourth-order valence-electron chi connectivity index (χ4n) is 1.59. The average Bonchev–Trinajstić information content (AvgIpc) is 2.37. The van der Waals surface area contributed by atoms with Crippen LogP contribution < -0.4 is 10.1 Å². The Kier molecular flexibility index (Phi) is 5.74. The van der Waals surface area contributed by atoms with Gasteiger partial charge in [-0.2, -0.15) is 0 Å². The summed E-state index contributed by atoms with van der Waals surface area (Å²) in [6.45, 7) is 0.997. The molecule has 1 aromatic rings. The summed E-state index contributed by atoms with van der Waals surface area (Å²) in [7, 11) is 1.38. The highest BCUT2D eigenvalue weighted by Crippen LogP contribution is 2.27. The Balaban J connectivity index is 2.53. The molecule has 0 fully saturated rings. The minimum absolute atomic E-state index is 0.0765. The third kappa shape index (κ3) is 4.92. The molecule has 0 saturated heterocycles. The number of hydrogen-bond donors (Lipinski definition) is 2. The van der Waals surface area contributed by atoms with Gasteiger partial charge < -0.3 is 15.2 Å². The first-order chi connectivity index (χ1) is 9.04. The SMILES string of the molecule is COc1ccc(CNCCCC(=O)O)cc1[N+](=O)[O-]. The number of nitrogens with zero attached hydrogens (tertiary/aromatic N) is 1. The molecule has 0 unspecified atom stereocenters. The monoisotopic (exact) mass is 268 g/mol. The van der Waals surface area contributed by atoms with Gasteiger partial charge in [0.1, 0.15) is 0 Å². The van der Waals surface area contributed by atoms with Crippen molar-refractivity contribution in [3.05, 3.63) is 33.9 Å². The van der Waals surface area contributed by atoms with Gasteiger partial charge in [-0.25, -0.2) is 0 Å². The lowest BCUT2D eigenvalue weighted by molar-refractivity contribution is -0.385. The quantitative estimate of drug-likeness (QED) is 0.421. The Morgan fingerprint density at radius 3 is 2.84 bits per heavy atom. The van der Waals surface area contributed by atoms with E-state index in [1.54, 1.807) is 12.1 Å². The van der Waals surface area contributed by atoms with Crippen molar-refractivity contribution < 1.29 is 19.6 Å². The van der Waals surface area contributed by atoms with Gasteiger partial charge >= 0.3 is 11.7 Å². The lowest BCUT2D eigenvalue weighted by atomic mass is 10.2. The summed E-state index contributed by atoms with van der Waals surface area (Å²) in [6, 6.07) is 4.73. The molecule has 104 valence electrons. The molecule has 0 atom stereocenters. The Bertz CT molecular complexity index is 461. The van der Waals surface area contributed by atoms with Crippen molar-refractivity contribution in [1.29, 1.82) is 0 Å². The molecule has 0 aromatic heterocycles. The number of carboxylic acids is 1. The maximum absolute atomic E-state index is 10.8. The number of nitro benzene ring substituents is 1. The zero-order chi connectivity index (χ0) is 14.3. The Morgan fingerprint density at radius 1 is 1.53 bits per heavy atom. The number of hydrogen-bond acceptors (Lipinski definition) is 5. The van der Waals surface area contributed by atoms with Crippen LogP contribution in [0.25, 0.3) is 0 Å². The Morgan fingerprint density at radius 2 is 2.26 bits per heavy atom. The molecule has 1 aromatic carbocycles. The highest BCUT2D eigenvalue weighted by atomic mass is 16.6. The predicted octanol–water partition coefficient (Wildman–Crippen LogP) is 1.56. The van der Waals surface area contributed by atoms with Crippen LogP contribution in [0.15, 0.2) is 18.2 Å². The average molecular weight is 268 g/mol. The molecule has 0 aliphatic rings. The van der Waals surface area contributed by atoms with E-state index in [0.29, 0.717) is 19.5 Å². The first kappa shape index (κ1) is 14.9. The van der Waals surface area contributed by atoms with Crippen LogP contribution in [0, 0.1) is 10.1 Å². The predicted molar refractivity (Wildman–Crippen MR) is 68.2 cm³/mol. The number of carboxylic acid groups (broad SMARTS) is 1. The molecule has 19 heavy (non-hydrogen) atoms. The zero-order valence-corrected chi connectivity index (χ0v) is 10.6. The molecule has 0 aliphatic heterocycles. The molecule has 0 saturated carbocycles. The van der Waals surface area contributed by atoms with E-state index in [2.05, 4.69) is 5.32 Å². The van der Waals surface area contributed by atoms with E-state index in [1.165, 1.54) is 13.2 Å². The minimum atomic E-state index is -0.832. The van der Waals surface area contributed by atoms with Gasteiger partial charge in [-0.05, 0) is 24.6 Å². The summed E-state index contributed by atoms with van der Waals surface area (Å²) in [5, 5.41) is 22.3. The number of carbonyl (C=O) groups is 1. The number of ether oxygens (including phenoxy) is 1. The van der Waals surface area contributed by atoms with E-state index in [0.717, 1.165) is 5.56 Å². The van der Waals surface area contributed by atoms with Gasteiger partial charge in [-0.3, -0.25) is 14.9 Å². The Labute approximate surface area is 110 Å². The summed E-state index contributed by atoms with van der Waals surface area (Å²) in [5.41, 5.74) is 0.676. The summed E-state index contributed by atoms with van der Waals surface area (Å²) in [6.07, 6.45) is 0.628.